The first kappa shape index (κ1) is 13.3. The van der Waals surface area contributed by atoms with Crippen LogP contribution in [0.5, 0.6) is 0 Å². The minimum atomic E-state index is 0.244. The summed E-state index contributed by atoms with van der Waals surface area (Å²) in [4.78, 5) is 12.2. The quantitative estimate of drug-likeness (QED) is 0.779. The third kappa shape index (κ3) is 2.99. The first-order valence-electron chi connectivity index (χ1n) is 7.07. The van der Waals surface area contributed by atoms with E-state index in [-0.39, 0.29) is 5.78 Å². The molecule has 1 aliphatic rings. The number of Topliss-reactive ketones (excluding diaryl/α,β-unsaturated/α-hetero) is 1. The summed E-state index contributed by atoms with van der Waals surface area (Å²) in [6.45, 7) is 2.69. The number of nitrogens with two attached hydrogens (primary N) is 1. The van der Waals surface area contributed by atoms with Crippen LogP contribution >= 0.6 is 0 Å². The summed E-state index contributed by atoms with van der Waals surface area (Å²) in [5.41, 5.74) is 7.87. The maximum absolute atomic E-state index is 12.2. The third-order valence-corrected chi connectivity index (χ3v) is 4.17. The highest BCUT2D eigenvalue weighted by Gasteiger charge is 2.20. The van der Waals surface area contributed by atoms with Gasteiger partial charge in [0.1, 0.15) is 0 Å². The molecule has 1 fully saturated rings. The molecular weight excluding hydrogens is 222 g/mol. The molecule has 0 aromatic heterocycles. The van der Waals surface area contributed by atoms with Gasteiger partial charge in [0, 0.05) is 12.0 Å². The number of carbonyl (C=O) groups is 1. The Bertz CT molecular complexity index is 405. The van der Waals surface area contributed by atoms with Crippen LogP contribution in [-0.4, -0.2) is 12.3 Å². The Morgan fingerprint density at radius 1 is 1.44 bits per heavy atom. The fourth-order valence-electron chi connectivity index (χ4n) is 2.48. The van der Waals surface area contributed by atoms with Gasteiger partial charge in [0.15, 0.2) is 5.78 Å². The second-order valence-corrected chi connectivity index (χ2v) is 5.39. The monoisotopic (exact) mass is 245 g/mol. The molecule has 0 bridgehead atoms. The van der Waals surface area contributed by atoms with Gasteiger partial charge in [-0.25, -0.2) is 0 Å². The van der Waals surface area contributed by atoms with E-state index in [2.05, 4.69) is 19.1 Å². The molecule has 0 saturated heterocycles. The number of ketones is 1. The van der Waals surface area contributed by atoms with Gasteiger partial charge in [0.05, 0.1) is 0 Å². The summed E-state index contributed by atoms with van der Waals surface area (Å²) in [5.74, 6) is 1.26. The molecule has 18 heavy (non-hydrogen) atoms. The molecular formula is C16H23NO. The number of carbonyl (C=O) groups excluding carboxylic acids is 1. The molecule has 2 heteroatoms. The van der Waals surface area contributed by atoms with Crippen LogP contribution in [-0.2, 0) is 0 Å². The molecule has 0 heterocycles. The second-order valence-electron chi connectivity index (χ2n) is 5.39. The maximum atomic E-state index is 12.2. The molecule has 1 aromatic carbocycles. The van der Waals surface area contributed by atoms with Crippen LogP contribution in [0.4, 0.5) is 0 Å². The Hall–Kier alpha value is -1.15. The molecule has 0 spiro atoms. The van der Waals surface area contributed by atoms with Gasteiger partial charge in [-0.05, 0) is 42.9 Å². The van der Waals surface area contributed by atoms with Crippen molar-refractivity contribution in [3.8, 4) is 0 Å². The molecule has 2 N–H and O–H groups in total. The zero-order valence-electron chi connectivity index (χ0n) is 11.2. The van der Waals surface area contributed by atoms with Crippen molar-refractivity contribution >= 4 is 5.78 Å². The van der Waals surface area contributed by atoms with Crippen molar-refractivity contribution in [1.29, 1.82) is 0 Å². The van der Waals surface area contributed by atoms with Crippen molar-refractivity contribution < 1.29 is 4.79 Å². The predicted molar refractivity (Wildman–Crippen MR) is 74.8 cm³/mol. The Morgan fingerprint density at radius 3 is 2.78 bits per heavy atom. The van der Waals surface area contributed by atoms with E-state index in [0.29, 0.717) is 24.8 Å². The maximum Gasteiger partial charge on any atom is 0.163 e. The highest BCUT2D eigenvalue weighted by molar-refractivity contribution is 5.96. The molecule has 1 aromatic rings. The van der Waals surface area contributed by atoms with Crippen LogP contribution in [0.1, 0.15) is 60.9 Å². The van der Waals surface area contributed by atoms with E-state index in [1.165, 1.54) is 24.8 Å². The van der Waals surface area contributed by atoms with E-state index in [1.807, 2.05) is 12.1 Å². The average Bonchev–Trinajstić information content (AvgIpc) is 2.34. The minimum Gasteiger partial charge on any atom is -0.330 e. The molecule has 2 nitrogen and oxygen atoms in total. The SMILES string of the molecule is CCC(CN)CC(=O)c1cccc(C2CCC2)c1. The van der Waals surface area contributed by atoms with E-state index in [0.717, 1.165) is 12.0 Å². The van der Waals surface area contributed by atoms with Gasteiger partial charge >= 0.3 is 0 Å². The van der Waals surface area contributed by atoms with E-state index in [9.17, 15) is 4.79 Å². The second kappa shape index (κ2) is 6.14. The first-order valence-corrected chi connectivity index (χ1v) is 7.07. The topological polar surface area (TPSA) is 43.1 Å². The molecule has 98 valence electrons. The van der Waals surface area contributed by atoms with E-state index in [4.69, 9.17) is 5.73 Å². The summed E-state index contributed by atoms with van der Waals surface area (Å²) in [5, 5.41) is 0. The summed E-state index contributed by atoms with van der Waals surface area (Å²) in [6, 6.07) is 8.20. The predicted octanol–water partition coefficient (Wildman–Crippen LogP) is 3.51. The number of benzene rings is 1. The molecule has 0 amide bonds. The van der Waals surface area contributed by atoms with E-state index >= 15 is 0 Å². The molecule has 1 saturated carbocycles. The lowest BCUT2D eigenvalue weighted by Crippen LogP contribution is -2.18. The van der Waals surface area contributed by atoms with Crippen LogP contribution in [0.15, 0.2) is 24.3 Å². The van der Waals surface area contributed by atoms with Crippen molar-refractivity contribution in [3.05, 3.63) is 35.4 Å². The fraction of sp³-hybridized carbons (Fsp3) is 0.562. The van der Waals surface area contributed by atoms with Crippen LogP contribution in [0.25, 0.3) is 0 Å². The summed E-state index contributed by atoms with van der Waals surface area (Å²) in [6.07, 6.45) is 5.44. The molecule has 1 aliphatic carbocycles. The van der Waals surface area contributed by atoms with Crippen LogP contribution in [0, 0.1) is 5.92 Å². The number of rotatable bonds is 6. The summed E-state index contributed by atoms with van der Waals surface area (Å²) >= 11 is 0. The summed E-state index contributed by atoms with van der Waals surface area (Å²) < 4.78 is 0. The van der Waals surface area contributed by atoms with Crippen LogP contribution < -0.4 is 5.73 Å². The zero-order chi connectivity index (χ0) is 13.0. The first-order chi connectivity index (χ1) is 8.74. The number of hydrogen-bond acceptors (Lipinski definition) is 2. The lowest BCUT2D eigenvalue weighted by molar-refractivity contribution is 0.0961. The van der Waals surface area contributed by atoms with Crippen LogP contribution in [0.3, 0.4) is 0 Å². The largest absolute Gasteiger partial charge is 0.330 e. The molecule has 0 aliphatic heterocycles. The van der Waals surface area contributed by atoms with Crippen molar-refractivity contribution in [1.82, 2.24) is 0 Å². The lowest BCUT2D eigenvalue weighted by atomic mass is 9.79. The Balaban J connectivity index is 2.05. The smallest absolute Gasteiger partial charge is 0.163 e. The zero-order valence-corrected chi connectivity index (χ0v) is 11.2. The van der Waals surface area contributed by atoms with Crippen molar-refractivity contribution in [2.75, 3.05) is 6.54 Å². The average molecular weight is 245 g/mol. The van der Waals surface area contributed by atoms with Crippen molar-refractivity contribution in [2.24, 2.45) is 11.7 Å². The molecule has 1 unspecified atom stereocenters. The highest BCUT2D eigenvalue weighted by atomic mass is 16.1. The highest BCUT2D eigenvalue weighted by Crippen LogP contribution is 2.36. The number of hydrogen-bond donors (Lipinski definition) is 1. The lowest BCUT2D eigenvalue weighted by Gasteiger charge is -2.26. The normalized spacial score (nSPS) is 17.2. The molecule has 0 radical (unpaired) electrons. The molecule has 1 atom stereocenters. The Labute approximate surface area is 110 Å². The standard InChI is InChI=1S/C16H23NO/c1-2-12(11-17)9-16(18)15-8-4-7-14(10-15)13-5-3-6-13/h4,7-8,10,12-13H,2-3,5-6,9,11,17H2,1H3. The molecule has 2 rings (SSSR count). The van der Waals surface area contributed by atoms with Gasteiger partial charge in [-0.3, -0.25) is 4.79 Å². The van der Waals surface area contributed by atoms with E-state index < -0.39 is 0 Å². The van der Waals surface area contributed by atoms with Gasteiger partial charge in [-0.15, -0.1) is 0 Å². The fourth-order valence-corrected chi connectivity index (χ4v) is 2.48. The van der Waals surface area contributed by atoms with Gasteiger partial charge in [-0.2, -0.15) is 0 Å². The van der Waals surface area contributed by atoms with Gasteiger partial charge in [0.25, 0.3) is 0 Å². The Morgan fingerprint density at radius 2 is 2.22 bits per heavy atom. The van der Waals surface area contributed by atoms with Gasteiger partial charge in [-0.1, -0.05) is 38.0 Å². The van der Waals surface area contributed by atoms with Crippen molar-refractivity contribution in [3.63, 3.8) is 0 Å². The van der Waals surface area contributed by atoms with E-state index in [1.54, 1.807) is 0 Å². The minimum absolute atomic E-state index is 0.244. The summed E-state index contributed by atoms with van der Waals surface area (Å²) in [7, 11) is 0. The van der Waals surface area contributed by atoms with Gasteiger partial charge in [0.2, 0.25) is 0 Å². The van der Waals surface area contributed by atoms with Crippen LogP contribution in [0.2, 0.25) is 0 Å². The Kier molecular flexibility index (Phi) is 4.54. The van der Waals surface area contributed by atoms with Gasteiger partial charge < -0.3 is 5.73 Å². The third-order valence-electron chi connectivity index (χ3n) is 4.17. The van der Waals surface area contributed by atoms with Crippen molar-refractivity contribution in [2.45, 2.75) is 44.9 Å².